The summed E-state index contributed by atoms with van der Waals surface area (Å²) >= 11 is 0. The fourth-order valence-corrected chi connectivity index (χ4v) is 1.89. The summed E-state index contributed by atoms with van der Waals surface area (Å²) in [6.45, 7) is 3.71. The molecule has 1 aromatic heterocycles. The third-order valence-electron chi connectivity index (χ3n) is 2.72. The fourth-order valence-electron chi connectivity index (χ4n) is 1.89. The van der Waals surface area contributed by atoms with Gasteiger partial charge in [-0.05, 0) is 26.0 Å². The lowest BCUT2D eigenvalue weighted by atomic mass is 10.1. The third kappa shape index (κ3) is 1.99. The van der Waals surface area contributed by atoms with Gasteiger partial charge in [-0.25, -0.2) is 14.8 Å². The second-order valence-electron chi connectivity index (χ2n) is 3.92. The molecule has 0 spiro atoms. The molecular weight excluding hydrogens is 232 g/mol. The van der Waals surface area contributed by atoms with Gasteiger partial charge < -0.3 is 9.47 Å². The van der Waals surface area contributed by atoms with Crippen LogP contribution in [0.25, 0.3) is 10.9 Å². The Kier molecular flexibility index (Phi) is 3.14. The highest BCUT2D eigenvalue weighted by molar-refractivity contribution is 5.98. The lowest BCUT2D eigenvalue weighted by molar-refractivity contribution is 0.0597. The van der Waals surface area contributed by atoms with E-state index in [1.165, 1.54) is 14.2 Å². The normalized spacial score (nSPS) is 10.4. The number of ether oxygens (including phenoxy) is 2. The van der Waals surface area contributed by atoms with Crippen molar-refractivity contribution < 1.29 is 14.3 Å². The van der Waals surface area contributed by atoms with E-state index in [9.17, 15) is 4.79 Å². The van der Waals surface area contributed by atoms with Gasteiger partial charge in [0.2, 0.25) is 0 Å². The second kappa shape index (κ2) is 4.60. The van der Waals surface area contributed by atoms with E-state index < -0.39 is 5.97 Å². The van der Waals surface area contributed by atoms with E-state index in [-0.39, 0.29) is 0 Å². The molecular formula is C13H14N2O3. The van der Waals surface area contributed by atoms with Crippen molar-refractivity contribution >= 4 is 16.9 Å². The first-order chi connectivity index (χ1) is 8.56. The van der Waals surface area contributed by atoms with Crippen molar-refractivity contribution in [3.63, 3.8) is 0 Å². The number of esters is 1. The minimum atomic E-state index is -0.442. The van der Waals surface area contributed by atoms with Crippen LogP contribution in [0.1, 0.15) is 21.9 Å². The maximum absolute atomic E-state index is 11.7. The highest BCUT2D eigenvalue weighted by Crippen LogP contribution is 2.27. The molecule has 0 aliphatic rings. The van der Waals surface area contributed by atoms with Crippen LogP contribution < -0.4 is 4.74 Å². The van der Waals surface area contributed by atoms with Crippen LogP contribution in [0.2, 0.25) is 0 Å². The summed E-state index contributed by atoms with van der Waals surface area (Å²) in [6.07, 6.45) is 0. The Morgan fingerprint density at radius 1 is 1.17 bits per heavy atom. The minimum Gasteiger partial charge on any atom is -0.496 e. The molecule has 18 heavy (non-hydrogen) atoms. The molecule has 0 saturated heterocycles. The van der Waals surface area contributed by atoms with Gasteiger partial charge >= 0.3 is 5.97 Å². The van der Waals surface area contributed by atoms with Crippen LogP contribution in [0.15, 0.2) is 12.1 Å². The van der Waals surface area contributed by atoms with Crippen LogP contribution in [0, 0.1) is 13.8 Å². The lowest BCUT2D eigenvalue weighted by Crippen LogP contribution is -2.05. The Bertz CT molecular complexity index is 623. The molecule has 2 rings (SSSR count). The van der Waals surface area contributed by atoms with Crippen molar-refractivity contribution in [3.8, 4) is 5.75 Å². The van der Waals surface area contributed by atoms with Crippen LogP contribution in [0.3, 0.4) is 0 Å². The largest absolute Gasteiger partial charge is 0.496 e. The number of aromatic nitrogens is 2. The predicted molar refractivity (Wildman–Crippen MR) is 66.9 cm³/mol. The summed E-state index contributed by atoms with van der Waals surface area (Å²) < 4.78 is 9.93. The average Bonchev–Trinajstić information content (AvgIpc) is 2.36. The highest BCUT2D eigenvalue weighted by atomic mass is 16.5. The van der Waals surface area contributed by atoms with Crippen LogP contribution >= 0.6 is 0 Å². The number of hydrogen-bond donors (Lipinski definition) is 0. The number of fused-ring (bicyclic) bond motifs is 1. The summed E-state index contributed by atoms with van der Waals surface area (Å²) in [5, 5.41) is 0.866. The Labute approximate surface area is 105 Å². The number of carbonyl (C=O) groups excluding carboxylic acids is 1. The first kappa shape index (κ1) is 12.3. The number of nitrogens with zero attached hydrogens (tertiary/aromatic N) is 2. The van der Waals surface area contributed by atoms with E-state index in [1.807, 2.05) is 13.8 Å². The summed E-state index contributed by atoms with van der Waals surface area (Å²) in [5.41, 5.74) is 1.93. The zero-order chi connectivity index (χ0) is 13.3. The van der Waals surface area contributed by atoms with Crippen molar-refractivity contribution in [2.24, 2.45) is 0 Å². The smallest absolute Gasteiger partial charge is 0.341 e. The molecule has 0 N–H and O–H groups in total. The SMILES string of the molecule is COC(=O)c1cc2nc(C)nc(C)c2cc1OC. The Morgan fingerprint density at radius 2 is 1.89 bits per heavy atom. The molecule has 0 aliphatic heterocycles. The van der Waals surface area contributed by atoms with Crippen LogP contribution in [0.5, 0.6) is 5.75 Å². The number of rotatable bonds is 2. The number of hydrogen-bond acceptors (Lipinski definition) is 5. The topological polar surface area (TPSA) is 61.3 Å². The van der Waals surface area contributed by atoms with Gasteiger partial charge in [0, 0.05) is 11.1 Å². The molecule has 0 atom stereocenters. The van der Waals surface area contributed by atoms with Gasteiger partial charge in [0.25, 0.3) is 0 Å². The maximum atomic E-state index is 11.7. The first-order valence-electron chi connectivity index (χ1n) is 5.48. The standard InChI is InChI=1S/C13H14N2O3/c1-7-9-6-12(17-3)10(13(16)18-4)5-11(9)15-8(2)14-7/h5-6H,1-4H3. The van der Waals surface area contributed by atoms with Gasteiger partial charge in [0.15, 0.2) is 0 Å². The molecule has 0 radical (unpaired) electrons. The monoisotopic (exact) mass is 246 g/mol. The summed E-state index contributed by atoms with van der Waals surface area (Å²) in [7, 11) is 2.85. The molecule has 1 heterocycles. The second-order valence-corrected chi connectivity index (χ2v) is 3.92. The predicted octanol–water partition coefficient (Wildman–Crippen LogP) is 2.04. The molecule has 5 nitrogen and oxygen atoms in total. The fraction of sp³-hybridized carbons (Fsp3) is 0.308. The van der Waals surface area contributed by atoms with E-state index in [1.54, 1.807) is 12.1 Å². The van der Waals surface area contributed by atoms with E-state index in [2.05, 4.69) is 9.97 Å². The van der Waals surface area contributed by atoms with E-state index in [0.29, 0.717) is 22.7 Å². The van der Waals surface area contributed by atoms with Gasteiger partial charge in [-0.15, -0.1) is 0 Å². The summed E-state index contributed by atoms with van der Waals surface area (Å²) in [4.78, 5) is 20.3. The average molecular weight is 246 g/mol. The van der Waals surface area contributed by atoms with E-state index >= 15 is 0 Å². The molecule has 1 aromatic carbocycles. The van der Waals surface area contributed by atoms with Gasteiger partial charge in [-0.3, -0.25) is 0 Å². The zero-order valence-electron chi connectivity index (χ0n) is 10.8. The number of methoxy groups -OCH3 is 2. The van der Waals surface area contributed by atoms with Crippen molar-refractivity contribution in [1.29, 1.82) is 0 Å². The first-order valence-corrected chi connectivity index (χ1v) is 5.48. The molecule has 0 saturated carbocycles. The molecule has 0 bridgehead atoms. The van der Waals surface area contributed by atoms with Crippen molar-refractivity contribution in [2.75, 3.05) is 14.2 Å². The minimum absolute atomic E-state index is 0.366. The summed E-state index contributed by atoms with van der Waals surface area (Å²) in [6, 6.07) is 3.43. The van der Waals surface area contributed by atoms with Gasteiger partial charge in [0.1, 0.15) is 17.1 Å². The number of carbonyl (C=O) groups is 1. The molecule has 0 aliphatic carbocycles. The molecule has 0 unspecified atom stereocenters. The Hall–Kier alpha value is -2.17. The maximum Gasteiger partial charge on any atom is 0.341 e. The van der Waals surface area contributed by atoms with Gasteiger partial charge in [0.05, 0.1) is 19.7 Å². The molecule has 2 aromatic rings. The molecule has 94 valence electrons. The van der Waals surface area contributed by atoms with Crippen molar-refractivity contribution in [3.05, 3.63) is 29.2 Å². The van der Waals surface area contributed by atoms with E-state index in [4.69, 9.17) is 9.47 Å². The van der Waals surface area contributed by atoms with E-state index in [0.717, 1.165) is 11.1 Å². The summed E-state index contributed by atoms with van der Waals surface area (Å²) in [5.74, 6) is 0.688. The number of aryl methyl sites for hydroxylation is 2. The molecule has 0 fully saturated rings. The lowest BCUT2D eigenvalue weighted by Gasteiger charge is -2.10. The van der Waals surface area contributed by atoms with Crippen molar-refractivity contribution in [1.82, 2.24) is 9.97 Å². The molecule has 5 heteroatoms. The van der Waals surface area contributed by atoms with Gasteiger partial charge in [-0.2, -0.15) is 0 Å². The highest BCUT2D eigenvalue weighted by Gasteiger charge is 2.15. The Balaban J connectivity index is 2.77. The zero-order valence-corrected chi connectivity index (χ0v) is 10.8. The van der Waals surface area contributed by atoms with Crippen LogP contribution in [0.4, 0.5) is 0 Å². The quantitative estimate of drug-likeness (QED) is 0.759. The molecule has 0 amide bonds. The van der Waals surface area contributed by atoms with Crippen LogP contribution in [-0.2, 0) is 4.74 Å². The Morgan fingerprint density at radius 3 is 2.50 bits per heavy atom. The third-order valence-corrected chi connectivity index (χ3v) is 2.72. The van der Waals surface area contributed by atoms with Gasteiger partial charge in [-0.1, -0.05) is 0 Å². The number of benzene rings is 1. The van der Waals surface area contributed by atoms with Crippen molar-refractivity contribution in [2.45, 2.75) is 13.8 Å². The van der Waals surface area contributed by atoms with Crippen LogP contribution in [-0.4, -0.2) is 30.2 Å².